The number of rotatable bonds is 1. The summed E-state index contributed by atoms with van der Waals surface area (Å²) in [7, 11) is 0. The third-order valence-corrected chi connectivity index (χ3v) is 2.24. The monoisotopic (exact) mass is 306 g/mol. The van der Waals surface area contributed by atoms with Crippen molar-refractivity contribution in [1.82, 2.24) is 10.2 Å². The summed E-state index contributed by atoms with van der Waals surface area (Å²) < 4.78 is 35.7. The van der Waals surface area contributed by atoms with E-state index in [1.807, 2.05) is 0 Å². The van der Waals surface area contributed by atoms with Crippen LogP contribution in [0.3, 0.4) is 0 Å². The first kappa shape index (κ1) is 10.3. The highest BCUT2D eigenvalue weighted by atomic mass is 127. The third-order valence-electron chi connectivity index (χ3n) is 1.19. The summed E-state index contributed by atoms with van der Waals surface area (Å²) in [6.07, 6.45) is -4.60. The number of aromatic nitrogens is 2. The van der Waals surface area contributed by atoms with Crippen molar-refractivity contribution in [3.05, 3.63) is 15.0 Å². The fourth-order valence-electron chi connectivity index (χ4n) is 0.658. The average Bonchev–Trinajstić information content (AvgIpc) is 2.28. The van der Waals surface area contributed by atoms with Crippen LogP contribution in [0.25, 0.3) is 0 Å². The van der Waals surface area contributed by atoms with E-state index in [9.17, 15) is 18.0 Å². The van der Waals surface area contributed by atoms with Crippen LogP contribution in [-0.4, -0.2) is 21.3 Å². The number of H-pyrrole nitrogens is 1. The van der Waals surface area contributed by atoms with Gasteiger partial charge in [0.05, 0.1) is 3.57 Å². The van der Waals surface area contributed by atoms with Crippen LogP contribution >= 0.6 is 22.6 Å². The maximum atomic E-state index is 12.1. The standard InChI is InChI=1S/C5H2F3IN2O2/c6-5(7,8)3-1(9)2(4(12)13)10-11-3/h(H,10,11)(H,12,13). The Morgan fingerprint density at radius 1 is 1.54 bits per heavy atom. The van der Waals surface area contributed by atoms with Crippen molar-refractivity contribution in [1.29, 1.82) is 0 Å². The molecule has 4 nitrogen and oxygen atoms in total. The number of hydrogen-bond acceptors (Lipinski definition) is 2. The number of alkyl halides is 3. The molecule has 72 valence electrons. The van der Waals surface area contributed by atoms with Gasteiger partial charge in [0.25, 0.3) is 0 Å². The van der Waals surface area contributed by atoms with Crippen LogP contribution in [0.5, 0.6) is 0 Å². The first-order chi connectivity index (χ1) is 5.84. The smallest absolute Gasteiger partial charge is 0.433 e. The molecular weight excluding hydrogens is 304 g/mol. The summed E-state index contributed by atoms with van der Waals surface area (Å²) in [5.74, 6) is -1.49. The van der Waals surface area contributed by atoms with Gasteiger partial charge in [-0.25, -0.2) is 4.79 Å². The summed E-state index contributed by atoms with van der Waals surface area (Å²) in [6.45, 7) is 0. The van der Waals surface area contributed by atoms with E-state index in [1.54, 1.807) is 5.10 Å². The number of aromatic carboxylic acids is 1. The number of aromatic amines is 1. The van der Waals surface area contributed by atoms with Gasteiger partial charge in [0.15, 0.2) is 11.4 Å². The largest absolute Gasteiger partial charge is 0.476 e. The third kappa shape index (κ3) is 1.92. The second-order valence-corrected chi connectivity index (χ2v) is 3.14. The van der Waals surface area contributed by atoms with Gasteiger partial charge in [-0.3, -0.25) is 5.10 Å². The quantitative estimate of drug-likeness (QED) is 0.777. The molecule has 0 saturated carbocycles. The van der Waals surface area contributed by atoms with Crippen molar-refractivity contribution >= 4 is 28.6 Å². The Morgan fingerprint density at radius 2 is 2.08 bits per heavy atom. The Bertz CT molecular complexity index is 346. The minimum absolute atomic E-state index is 0.433. The predicted octanol–water partition coefficient (Wildman–Crippen LogP) is 1.73. The van der Waals surface area contributed by atoms with Crippen molar-refractivity contribution < 1.29 is 23.1 Å². The number of nitrogens with one attached hydrogen (secondary N) is 1. The predicted molar refractivity (Wildman–Crippen MR) is 43.3 cm³/mol. The summed E-state index contributed by atoms with van der Waals surface area (Å²) in [6, 6.07) is 0. The molecule has 0 radical (unpaired) electrons. The molecule has 0 amide bonds. The van der Waals surface area contributed by atoms with Crippen LogP contribution in [0, 0.1) is 3.57 Å². The minimum Gasteiger partial charge on any atom is -0.476 e. The molecule has 0 fully saturated rings. The molecule has 1 aromatic rings. The summed E-state index contributed by atoms with van der Waals surface area (Å²) in [5, 5.41) is 13.1. The second kappa shape index (κ2) is 3.16. The molecule has 0 aliphatic carbocycles. The van der Waals surface area contributed by atoms with Crippen molar-refractivity contribution in [2.75, 3.05) is 0 Å². The molecule has 0 saturated heterocycles. The topological polar surface area (TPSA) is 66.0 Å². The summed E-state index contributed by atoms with van der Waals surface area (Å²) in [4.78, 5) is 10.3. The first-order valence-electron chi connectivity index (χ1n) is 2.88. The van der Waals surface area contributed by atoms with E-state index in [-0.39, 0.29) is 0 Å². The van der Waals surface area contributed by atoms with Gasteiger partial charge in [-0.15, -0.1) is 0 Å². The number of carbonyl (C=O) groups is 1. The van der Waals surface area contributed by atoms with Gasteiger partial charge in [-0.2, -0.15) is 18.3 Å². The zero-order valence-corrected chi connectivity index (χ0v) is 7.97. The maximum Gasteiger partial charge on any atom is 0.433 e. The molecule has 2 N–H and O–H groups in total. The van der Waals surface area contributed by atoms with Gasteiger partial charge in [-0.05, 0) is 22.6 Å². The molecule has 8 heteroatoms. The molecule has 0 unspecified atom stereocenters. The first-order valence-corrected chi connectivity index (χ1v) is 3.96. The zero-order chi connectivity index (χ0) is 10.2. The van der Waals surface area contributed by atoms with Crippen LogP contribution in [0.1, 0.15) is 16.2 Å². The number of halogens is 4. The van der Waals surface area contributed by atoms with E-state index in [0.717, 1.165) is 0 Å². The molecule has 1 aromatic heterocycles. The highest BCUT2D eigenvalue weighted by molar-refractivity contribution is 14.1. The summed E-state index contributed by atoms with van der Waals surface area (Å²) >= 11 is 1.28. The van der Waals surface area contributed by atoms with Gasteiger partial charge < -0.3 is 5.11 Å². The van der Waals surface area contributed by atoms with Gasteiger partial charge in [-0.1, -0.05) is 0 Å². The van der Waals surface area contributed by atoms with Gasteiger partial charge in [0.1, 0.15) is 0 Å². The zero-order valence-electron chi connectivity index (χ0n) is 5.81. The van der Waals surface area contributed by atoms with E-state index < -0.39 is 27.1 Å². The molecule has 1 rings (SSSR count). The van der Waals surface area contributed by atoms with E-state index in [0.29, 0.717) is 0 Å². The highest BCUT2D eigenvalue weighted by Gasteiger charge is 2.37. The van der Waals surface area contributed by atoms with Crippen LogP contribution in [0.15, 0.2) is 0 Å². The normalized spacial score (nSPS) is 11.7. The lowest BCUT2D eigenvalue weighted by atomic mass is 10.3. The lowest BCUT2D eigenvalue weighted by Crippen LogP contribution is -2.08. The second-order valence-electron chi connectivity index (χ2n) is 2.06. The van der Waals surface area contributed by atoms with Gasteiger partial charge in [0, 0.05) is 0 Å². The van der Waals surface area contributed by atoms with E-state index >= 15 is 0 Å². The fraction of sp³-hybridized carbons (Fsp3) is 0.200. The number of carboxylic acid groups (broad SMARTS) is 1. The molecule has 1 heterocycles. The van der Waals surface area contributed by atoms with Crippen LogP contribution < -0.4 is 0 Å². The Balaban J connectivity index is 3.22. The number of hydrogen-bond donors (Lipinski definition) is 2. The molecule has 0 bridgehead atoms. The van der Waals surface area contributed by atoms with Crippen molar-refractivity contribution in [2.45, 2.75) is 6.18 Å². The molecule has 0 spiro atoms. The fourth-order valence-corrected chi connectivity index (χ4v) is 1.44. The van der Waals surface area contributed by atoms with Crippen LogP contribution in [0.4, 0.5) is 13.2 Å². The Kier molecular flexibility index (Phi) is 2.50. The SMILES string of the molecule is O=C(O)c1n[nH]c(C(F)(F)F)c1I. The van der Waals surface area contributed by atoms with Crippen molar-refractivity contribution in [2.24, 2.45) is 0 Å². The highest BCUT2D eigenvalue weighted by Crippen LogP contribution is 2.32. The van der Waals surface area contributed by atoms with E-state index in [2.05, 4.69) is 5.10 Å². The molecular formula is C5H2F3IN2O2. The summed E-state index contributed by atoms with van der Waals surface area (Å²) in [5.41, 5.74) is -1.75. The van der Waals surface area contributed by atoms with Gasteiger partial charge in [0.2, 0.25) is 0 Å². The number of nitrogens with zero attached hydrogens (tertiary/aromatic N) is 1. The Morgan fingerprint density at radius 3 is 2.31 bits per heavy atom. The minimum atomic E-state index is -4.60. The van der Waals surface area contributed by atoms with Crippen molar-refractivity contribution in [3.63, 3.8) is 0 Å². The Labute approximate surface area is 83.3 Å². The number of carboxylic acids is 1. The molecule has 13 heavy (non-hydrogen) atoms. The van der Waals surface area contributed by atoms with Crippen LogP contribution in [-0.2, 0) is 6.18 Å². The van der Waals surface area contributed by atoms with Gasteiger partial charge >= 0.3 is 12.1 Å². The molecule has 0 atom stereocenters. The molecule has 0 aliphatic heterocycles. The van der Waals surface area contributed by atoms with Crippen LogP contribution in [0.2, 0.25) is 0 Å². The maximum absolute atomic E-state index is 12.1. The van der Waals surface area contributed by atoms with E-state index in [1.165, 1.54) is 22.6 Å². The lowest BCUT2D eigenvalue weighted by molar-refractivity contribution is -0.141. The molecule has 0 aliphatic rings. The van der Waals surface area contributed by atoms with E-state index in [4.69, 9.17) is 5.11 Å². The average molecular weight is 306 g/mol. The molecule has 0 aromatic carbocycles. The Hall–Kier alpha value is -0.800. The van der Waals surface area contributed by atoms with Crippen molar-refractivity contribution in [3.8, 4) is 0 Å². The lowest BCUT2D eigenvalue weighted by Gasteiger charge is -2.02.